The molecular weight excluding hydrogens is 825 g/mol. The fourth-order valence-corrected chi connectivity index (χ4v) is 10.8. The first kappa shape index (κ1) is 40.9. The van der Waals surface area contributed by atoms with E-state index in [0.29, 0.717) is 0 Å². The van der Waals surface area contributed by atoms with Gasteiger partial charge in [0.1, 0.15) is 0 Å². The Hall–Kier alpha value is -8.60. The predicted molar refractivity (Wildman–Crippen MR) is 289 cm³/mol. The number of nitrogens with zero attached hydrogens (tertiary/aromatic N) is 4. The molecule has 0 bridgehead atoms. The van der Waals surface area contributed by atoms with Gasteiger partial charge in [-0.1, -0.05) is 183 Å². The monoisotopic (exact) mass is 874 g/mol. The number of allylic oxidation sites excluding steroid dienone is 3. The molecule has 326 valence electrons. The summed E-state index contributed by atoms with van der Waals surface area (Å²) in [6.45, 7) is 5.06. The number of hydrogen-bond acceptors (Lipinski definition) is 4. The van der Waals surface area contributed by atoms with Gasteiger partial charge in [-0.3, -0.25) is 0 Å². The summed E-state index contributed by atoms with van der Waals surface area (Å²) in [5.41, 5.74) is 18.2. The highest BCUT2D eigenvalue weighted by Gasteiger charge is 2.31. The Morgan fingerprint density at radius 2 is 1.00 bits per heavy atom. The van der Waals surface area contributed by atoms with Crippen molar-refractivity contribution in [2.45, 2.75) is 12.5 Å². The maximum Gasteiger partial charge on any atom is 0.0699 e. The van der Waals surface area contributed by atoms with Gasteiger partial charge in [-0.2, -0.15) is 0 Å². The normalized spacial score (nSPS) is 17.6. The lowest BCUT2D eigenvalue weighted by Gasteiger charge is -2.41. The third kappa shape index (κ3) is 6.84. The third-order valence-electron chi connectivity index (χ3n) is 14.0. The van der Waals surface area contributed by atoms with E-state index in [1.807, 2.05) is 0 Å². The van der Waals surface area contributed by atoms with E-state index >= 15 is 0 Å². The summed E-state index contributed by atoms with van der Waals surface area (Å²) in [5.74, 6) is 0. The summed E-state index contributed by atoms with van der Waals surface area (Å²) in [5, 5.41) is 4.66. The van der Waals surface area contributed by atoms with Gasteiger partial charge in [0.2, 0.25) is 0 Å². The van der Waals surface area contributed by atoms with Gasteiger partial charge in [0, 0.05) is 19.8 Å². The minimum atomic E-state index is -0.0395. The summed E-state index contributed by atoms with van der Waals surface area (Å²) in [4.78, 5) is 9.59. The van der Waals surface area contributed by atoms with Crippen LogP contribution in [0.3, 0.4) is 0 Å². The Morgan fingerprint density at radius 1 is 0.471 bits per heavy atom. The highest BCUT2D eigenvalue weighted by atomic mass is 15.3. The van der Waals surface area contributed by atoms with Gasteiger partial charge in [0.25, 0.3) is 0 Å². The minimum Gasteiger partial charge on any atom is -0.341 e. The first-order valence-electron chi connectivity index (χ1n) is 23.5. The number of para-hydroxylation sites is 8. The molecule has 1 aliphatic carbocycles. The molecule has 0 fully saturated rings. The van der Waals surface area contributed by atoms with E-state index in [1.165, 1.54) is 39.1 Å². The van der Waals surface area contributed by atoms with Gasteiger partial charge in [0.15, 0.2) is 0 Å². The molecule has 4 nitrogen and oxygen atoms in total. The highest BCUT2D eigenvalue weighted by molar-refractivity contribution is 6.06. The second-order valence-electron chi connectivity index (χ2n) is 17.8. The molecule has 0 N–H and O–H groups in total. The van der Waals surface area contributed by atoms with E-state index in [0.717, 1.165) is 78.7 Å². The van der Waals surface area contributed by atoms with Crippen molar-refractivity contribution in [3.8, 4) is 11.1 Å². The fraction of sp³-hybridized carbons (Fsp3) is 0.0625. The molecule has 4 heteroatoms. The predicted octanol–water partition coefficient (Wildman–Crippen LogP) is 14.9. The first-order valence-corrected chi connectivity index (χ1v) is 23.5. The van der Waals surface area contributed by atoms with Crippen molar-refractivity contribution in [3.05, 3.63) is 265 Å². The van der Waals surface area contributed by atoms with Crippen LogP contribution in [0.2, 0.25) is 0 Å². The van der Waals surface area contributed by atoms with Gasteiger partial charge in [-0.25, -0.2) is 0 Å². The molecule has 1 unspecified atom stereocenters. The number of rotatable bonds is 6. The quantitative estimate of drug-likeness (QED) is 0.165. The Bertz CT molecular complexity index is 3540. The number of hydrogen-bond donors (Lipinski definition) is 0. The third-order valence-corrected chi connectivity index (χ3v) is 14.0. The lowest BCUT2D eigenvalue weighted by Crippen LogP contribution is -2.35. The summed E-state index contributed by atoms with van der Waals surface area (Å²) in [6, 6.07) is 77.0. The van der Waals surface area contributed by atoms with Crippen LogP contribution in [0.5, 0.6) is 0 Å². The van der Waals surface area contributed by atoms with Crippen molar-refractivity contribution in [2.24, 2.45) is 0 Å². The minimum absolute atomic E-state index is 0.0395. The average Bonchev–Trinajstić information content (AvgIpc) is 3.40. The highest BCUT2D eigenvalue weighted by Crippen LogP contribution is 2.51. The summed E-state index contributed by atoms with van der Waals surface area (Å²) in [7, 11) is 4.34. The Balaban J connectivity index is 1.18. The number of benzene rings is 9. The van der Waals surface area contributed by atoms with Crippen molar-refractivity contribution in [1.82, 2.24) is 0 Å². The number of fused-ring (bicyclic) bond motifs is 6. The van der Waals surface area contributed by atoms with Crippen molar-refractivity contribution in [2.75, 3.05) is 33.7 Å². The van der Waals surface area contributed by atoms with Crippen LogP contribution in [0.4, 0.5) is 51.2 Å². The smallest absolute Gasteiger partial charge is 0.0699 e. The van der Waals surface area contributed by atoms with Crippen molar-refractivity contribution in [3.63, 3.8) is 0 Å². The van der Waals surface area contributed by atoms with Gasteiger partial charge >= 0.3 is 0 Å². The molecule has 0 saturated heterocycles. The maximum atomic E-state index is 5.06. The zero-order chi connectivity index (χ0) is 45.7. The van der Waals surface area contributed by atoms with E-state index in [4.69, 9.17) is 6.58 Å². The maximum absolute atomic E-state index is 5.06. The number of anilines is 9. The van der Waals surface area contributed by atoms with Gasteiger partial charge in [0.05, 0.1) is 51.5 Å². The molecule has 0 saturated carbocycles. The van der Waals surface area contributed by atoms with Crippen molar-refractivity contribution >= 4 is 78.7 Å². The lowest BCUT2D eigenvalue weighted by molar-refractivity contribution is 0.785. The second kappa shape index (κ2) is 17.0. The Labute approximate surface area is 398 Å². The Morgan fingerprint density at radius 3 is 1.68 bits per heavy atom. The molecule has 2 aliphatic heterocycles. The summed E-state index contributed by atoms with van der Waals surface area (Å²) < 4.78 is 0. The van der Waals surface area contributed by atoms with Crippen LogP contribution < -0.4 is 30.0 Å². The van der Waals surface area contributed by atoms with Crippen molar-refractivity contribution < 1.29 is 0 Å². The van der Waals surface area contributed by atoms with Crippen LogP contribution in [0.1, 0.15) is 17.5 Å². The van der Waals surface area contributed by atoms with Crippen LogP contribution in [-0.4, -0.2) is 20.1 Å². The summed E-state index contributed by atoms with van der Waals surface area (Å²) >= 11 is 0. The molecule has 3 aliphatic rings. The van der Waals surface area contributed by atoms with E-state index in [1.54, 1.807) is 0 Å². The van der Waals surface area contributed by atoms with Crippen LogP contribution in [0, 0.1) is 0 Å². The Kier molecular flexibility index (Phi) is 10.2. The van der Waals surface area contributed by atoms with E-state index in [2.05, 4.69) is 270 Å². The molecule has 9 aromatic carbocycles. The lowest BCUT2D eigenvalue weighted by atomic mass is 9.87. The SMILES string of the molecule is C=C(C1=c2\ccc(N3c4ccccc4N(C)c4ccccc43)c\c2=C(c2cccc3ccccc23)\C=C\CC(N2c3ccccc3N(C)c3ccccc32)\C=C\1)c1ccccc1-c1ccccc1. The van der Waals surface area contributed by atoms with Crippen LogP contribution in [0.15, 0.2) is 243 Å². The molecule has 1 atom stereocenters. The van der Waals surface area contributed by atoms with E-state index in [-0.39, 0.29) is 6.04 Å². The second-order valence-corrected chi connectivity index (χ2v) is 17.8. The zero-order valence-electron chi connectivity index (χ0n) is 38.3. The largest absolute Gasteiger partial charge is 0.341 e. The standard InChI is InChI=1S/C64H50N4/c1-44(49-26-9-10-27-51(49)45-21-5-4-6-22-45)50-41-39-47(67-61-35-15-11-31-57(61)65(2)58-32-12-16-36-62(58)67)25-20-30-54(53-29-19-24-46-23-7-8-28-52(46)53)56-43-48(40-42-55(50)56)68-63-37-17-13-33-59(63)66(3)60-34-14-18-38-64(60)68/h4-24,26-43,47H,1,25H2,2-3H3/b30-20+,41-39+,55-50+,56-54+. The molecule has 9 aromatic rings. The molecule has 0 spiro atoms. The summed E-state index contributed by atoms with van der Waals surface area (Å²) in [6.07, 6.45) is 10.3. The van der Waals surface area contributed by atoms with Gasteiger partial charge < -0.3 is 19.6 Å². The zero-order valence-corrected chi connectivity index (χ0v) is 38.3. The van der Waals surface area contributed by atoms with Crippen LogP contribution in [0.25, 0.3) is 38.6 Å². The topological polar surface area (TPSA) is 13.0 Å². The molecule has 0 radical (unpaired) electrons. The molecule has 2 heterocycles. The van der Waals surface area contributed by atoms with E-state index < -0.39 is 0 Å². The molecule has 0 aromatic heterocycles. The van der Waals surface area contributed by atoms with Crippen LogP contribution in [-0.2, 0) is 0 Å². The van der Waals surface area contributed by atoms with Gasteiger partial charge in [-0.15, -0.1) is 0 Å². The molecule has 68 heavy (non-hydrogen) atoms. The van der Waals surface area contributed by atoms with Gasteiger partial charge in [-0.05, 0) is 127 Å². The van der Waals surface area contributed by atoms with Crippen molar-refractivity contribution in [1.29, 1.82) is 0 Å². The molecule has 0 amide bonds. The molecular formula is C64H50N4. The molecule has 12 rings (SSSR count). The average molecular weight is 875 g/mol. The van der Waals surface area contributed by atoms with E-state index in [9.17, 15) is 0 Å². The van der Waals surface area contributed by atoms with Crippen LogP contribution >= 0.6 is 0 Å². The fourth-order valence-electron chi connectivity index (χ4n) is 10.8. The first-order chi connectivity index (χ1) is 33.5.